The molecular weight excluding hydrogens is 434 g/mol. The van der Waals surface area contributed by atoms with Gasteiger partial charge in [0.25, 0.3) is 0 Å². The number of nitrogens with zero attached hydrogens (tertiary/aromatic N) is 1. The number of hydrogen-bond donors (Lipinski definition) is 0. The van der Waals surface area contributed by atoms with E-state index >= 15 is 0 Å². The molecule has 0 unspecified atom stereocenters. The first-order valence-electron chi connectivity index (χ1n) is 12.3. The first kappa shape index (κ1) is 20.6. The van der Waals surface area contributed by atoms with Crippen molar-refractivity contribution in [2.45, 2.75) is 0 Å². The van der Waals surface area contributed by atoms with Crippen LogP contribution < -0.4 is 0 Å². The molecule has 1 aromatic heterocycles. The molecule has 0 bridgehead atoms. The van der Waals surface area contributed by atoms with Crippen LogP contribution >= 0.6 is 0 Å². The molecule has 0 aliphatic carbocycles. The molecule has 7 rings (SSSR count). The van der Waals surface area contributed by atoms with Crippen LogP contribution in [0, 0.1) is 0 Å². The lowest BCUT2D eigenvalue weighted by molar-refractivity contribution is 1.43. The fourth-order valence-electron chi connectivity index (χ4n) is 5.18. The molecule has 7 aromatic rings. The molecule has 0 N–H and O–H groups in total. The van der Waals surface area contributed by atoms with E-state index in [9.17, 15) is 0 Å². The summed E-state index contributed by atoms with van der Waals surface area (Å²) in [6.07, 6.45) is 0. The zero-order valence-corrected chi connectivity index (χ0v) is 19.7. The van der Waals surface area contributed by atoms with Crippen LogP contribution in [0.15, 0.2) is 140 Å². The molecule has 36 heavy (non-hydrogen) atoms. The summed E-state index contributed by atoms with van der Waals surface area (Å²) in [5.41, 5.74) is 7.96. The minimum Gasteiger partial charge on any atom is -0.247 e. The molecule has 6 aromatic carbocycles. The first-order valence-corrected chi connectivity index (χ1v) is 12.3. The molecule has 0 spiro atoms. The van der Waals surface area contributed by atoms with E-state index in [0.29, 0.717) is 0 Å². The third-order valence-corrected chi connectivity index (χ3v) is 7.03. The van der Waals surface area contributed by atoms with Crippen molar-refractivity contribution in [3.63, 3.8) is 0 Å². The van der Waals surface area contributed by atoms with Gasteiger partial charge in [0.15, 0.2) is 0 Å². The zero-order chi connectivity index (χ0) is 23.9. The molecule has 0 atom stereocenters. The summed E-state index contributed by atoms with van der Waals surface area (Å²) in [5, 5.41) is 6.04. The fourth-order valence-corrected chi connectivity index (χ4v) is 5.18. The minimum atomic E-state index is 1.01. The summed E-state index contributed by atoms with van der Waals surface area (Å²) in [5.74, 6) is 0. The van der Waals surface area contributed by atoms with Crippen LogP contribution in [0.2, 0.25) is 0 Å². The summed E-state index contributed by atoms with van der Waals surface area (Å²) in [4.78, 5) is 5.30. The second-order valence-corrected chi connectivity index (χ2v) is 9.25. The summed E-state index contributed by atoms with van der Waals surface area (Å²) in [6.45, 7) is 0. The predicted molar refractivity (Wildman–Crippen MR) is 153 cm³/mol. The maximum absolute atomic E-state index is 5.30. The lowest BCUT2D eigenvalue weighted by atomic mass is 9.94. The van der Waals surface area contributed by atoms with Gasteiger partial charge in [-0.2, -0.15) is 0 Å². The highest BCUT2D eigenvalue weighted by Crippen LogP contribution is 2.37. The van der Waals surface area contributed by atoms with Gasteiger partial charge in [-0.05, 0) is 56.6 Å². The SMILES string of the molecule is c1ccc(-c2ccc3c(c2)nc(-c2ccc4ccccc4c2)c2cc(-c4ccccc4)ccc23)cc1. The van der Waals surface area contributed by atoms with E-state index in [2.05, 4.69) is 140 Å². The molecule has 0 aliphatic heterocycles. The van der Waals surface area contributed by atoms with Crippen molar-refractivity contribution in [3.8, 4) is 33.5 Å². The summed E-state index contributed by atoms with van der Waals surface area (Å²) in [7, 11) is 0. The zero-order valence-electron chi connectivity index (χ0n) is 19.7. The van der Waals surface area contributed by atoms with Gasteiger partial charge in [-0.1, -0.05) is 121 Å². The number of rotatable bonds is 3. The summed E-state index contributed by atoms with van der Waals surface area (Å²) < 4.78 is 0. The lowest BCUT2D eigenvalue weighted by Crippen LogP contribution is -1.92. The molecule has 0 radical (unpaired) electrons. The van der Waals surface area contributed by atoms with Crippen LogP contribution in [0.4, 0.5) is 0 Å². The number of fused-ring (bicyclic) bond motifs is 4. The third kappa shape index (κ3) is 3.54. The van der Waals surface area contributed by atoms with Gasteiger partial charge in [0, 0.05) is 16.3 Å². The number of benzene rings is 6. The summed E-state index contributed by atoms with van der Waals surface area (Å²) in [6, 6.07) is 49.7. The monoisotopic (exact) mass is 457 g/mol. The molecular formula is C35H23N. The molecule has 1 heteroatoms. The number of aromatic nitrogens is 1. The van der Waals surface area contributed by atoms with Crippen LogP contribution in [0.1, 0.15) is 0 Å². The van der Waals surface area contributed by atoms with Crippen molar-refractivity contribution in [2.75, 3.05) is 0 Å². The molecule has 0 saturated carbocycles. The van der Waals surface area contributed by atoms with Gasteiger partial charge in [0.1, 0.15) is 0 Å². The van der Waals surface area contributed by atoms with Gasteiger partial charge < -0.3 is 0 Å². The van der Waals surface area contributed by atoms with Crippen molar-refractivity contribution in [1.29, 1.82) is 0 Å². The highest BCUT2D eigenvalue weighted by Gasteiger charge is 2.13. The molecule has 168 valence electrons. The first-order chi connectivity index (χ1) is 17.8. The van der Waals surface area contributed by atoms with Gasteiger partial charge in [0.05, 0.1) is 11.2 Å². The Morgan fingerprint density at radius 2 is 0.917 bits per heavy atom. The normalized spacial score (nSPS) is 11.3. The molecule has 0 saturated heterocycles. The maximum atomic E-state index is 5.30. The second kappa shape index (κ2) is 8.48. The highest BCUT2D eigenvalue weighted by atomic mass is 14.7. The van der Waals surface area contributed by atoms with E-state index in [1.54, 1.807) is 0 Å². The quantitative estimate of drug-likeness (QED) is 0.241. The Balaban J connectivity index is 1.53. The van der Waals surface area contributed by atoms with E-state index in [0.717, 1.165) is 16.8 Å². The average Bonchev–Trinajstić information content (AvgIpc) is 2.97. The molecule has 0 aliphatic rings. The molecule has 1 heterocycles. The van der Waals surface area contributed by atoms with Gasteiger partial charge >= 0.3 is 0 Å². The van der Waals surface area contributed by atoms with Crippen molar-refractivity contribution in [2.24, 2.45) is 0 Å². The van der Waals surface area contributed by atoms with E-state index in [-0.39, 0.29) is 0 Å². The Labute approximate surface area is 210 Å². The Hall–Kier alpha value is -4.75. The van der Waals surface area contributed by atoms with Gasteiger partial charge in [-0.25, -0.2) is 4.98 Å². The standard InChI is InChI=1S/C35H23N/c1-3-9-24(10-4-1)28-17-19-31-32-20-18-29(25-11-5-2-6-12-25)23-34(32)36-35(33(31)22-28)30-16-15-26-13-7-8-14-27(26)21-30/h1-23H. The smallest absolute Gasteiger partial charge is 0.0788 e. The van der Waals surface area contributed by atoms with Crippen LogP contribution in [-0.4, -0.2) is 4.98 Å². The van der Waals surface area contributed by atoms with Crippen LogP contribution in [0.25, 0.3) is 66.0 Å². The van der Waals surface area contributed by atoms with Gasteiger partial charge in [-0.3, -0.25) is 0 Å². The van der Waals surface area contributed by atoms with E-state index in [4.69, 9.17) is 4.98 Å². The van der Waals surface area contributed by atoms with Gasteiger partial charge in [0.2, 0.25) is 0 Å². The third-order valence-electron chi connectivity index (χ3n) is 7.03. The number of pyridine rings is 1. The largest absolute Gasteiger partial charge is 0.247 e. The maximum Gasteiger partial charge on any atom is 0.0788 e. The predicted octanol–water partition coefficient (Wildman–Crippen LogP) is 9.54. The Morgan fingerprint density at radius 1 is 0.333 bits per heavy atom. The Kier molecular flexibility index (Phi) is 4.85. The van der Waals surface area contributed by atoms with Crippen molar-refractivity contribution in [3.05, 3.63) is 140 Å². The van der Waals surface area contributed by atoms with Gasteiger partial charge in [-0.15, -0.1) is 0 Å². The van der Waals surface area contributed by atoms with Crippen molar-refractivity contribution >= 4 is 32.4 Å². The van der Waals surface area contributed by atoms with E-state index in [1.807, 2.05) is 0 Å². The van der Waals surface area contributed by atoms with Crippen LogP contribution in [0.3, 0.4) is 0 Å². The van der Waals surface area contributed by atoms with Crippen molar-refractivity contribution in [1.82, 2.24) is 4.98 Å². The molecule has 1 nitrogen and oxygen atoms in total. The topological polar surface area (TPSA) is 12.9 Å². The fraction of sp³-hybridized carbons (Fsp3) is 0. The average molecular weight is 458 g/mol. The lowest BCUT2D eigenvalue weighted by Gasteiger charge is -2.14. The van der Waals surface area contributed by atoms with Crippen molar-refractivity contribution < 1.29 is 0 Å². The van der Waals surface area contributed by atoms with E-state index in [1.165, 1.54) is 49.2 Å². The highest BCUT2D eigenvalue weighted by molar-refractivity contribution is 6.13. The molecule has 0 amide bonds. The van der Waals surface area contributed by atoms with Crippen LogP contribution in [-0.2, 0) is 0 Å². The molecule has 0 fully saturated rings. The van der Waals surface area contributed by atoms with Crippen LogP contribution in [0.5, 0.6) is 0 Å². The summed E-state index contributed by atoms with van der Waals surface area (Å²) >= 11 is 0. The van der Waals surface area contributed by atoms with E-state index < -0.39 is 0 Å². The second-order valence-electron chi connectivity index (χ2n) is 9.25. The Bertz CT molecular complexity index is 1870. The Morgan fingerprint density at radius 3 is 1.64 bits per heavy atom. The number of hydrogen-bond acceptors (Lipinski definition) is 1. The minimum absolute atomic E-state index is 1.01.